The summed E-state index contributed by atoms with van der Waals surface area (Å²) < 4.78 is 5.20. The van der Waals surface area contributed by atoms with E-state index < -0.39 is 0 Å². The van der Waals surface area contributed by atoms with Crippen molar-refractivity contribution in [1.82, 2.24) is 10.6 Å². The SMILES string of the molecule is CCOC(=O)C(Cc1cccc(Cl)c1)NCC1CCNCC1.Cl. The molecular formula is C17H26Cl2N2O2. The fourth-order valence-corrected chi connectivity index (χ4v) is 2.99. The second-order valence-corrected chi connectivity index (χ2v) is 6.18. The lowest BCUT2D eigenvalue weighted by Crippen LogP contribution is -2.44. The van der Waals surface area contributed by atoms with Gasteiger partial charge in [0, 0.05) is 5.02 Å². The molecule has 1 heterocycles. The number of ether oxygens (including phenoxy) is 1. The Labute approximate surface area is 149 Å². The van der Waals surface area contributed by atoms with Crippen molar-refractivity contribution in [3.05, 3.63) is 34.9 Å². The van der Waals surface area contributed by atoms with E-state index in [0.717, 1.165) is 38.0 Å². The monoisotopic (exact) mass is 360 g/mol. The summed E-state index contributed by atoms with van der Waals surface area (Å²) in [5, 5.41) is 7.45. The molecule has 4 nitrogen and oxygen atoms in total. The summed E-state index contributed by atoms with van der Waals surface area (Å²) in [5.74, 6) is 0.439. The molecule has 2 rings (SSSR count). The first-order valence-corrected chi connectivity index (χ1v) is 8.42. The molecule has 0 radical (unpaired) electrons. The average molecular weight is 361 g/mol. The zero-order chi connectivity index (χ0) is 15.8. The Morgan fingerprint density at radius 2 is 2.17 bits per heavy atom. The Kier molecular flexibility index (Phi) is 9.56. The maximum Gasteiger partial charge on any atom is 0.323 e. The highest BCUT2D eigenvalue weighted by molar-refractivity contribution is 6.30. The number of hydrogen-bond donors (Lipinski definition) is 2. The molecule has 6 heteroatoms. The summed E-state index contributed by atoms with van der Waals surface area (Å²) in [6, 6.07) is 7.33. The van der Waals surface area contributed by atoms with Crippen LogP contribution in [-0.4, -0.2) is 38.3 Å². The summed E-state index contributed by atoms with van der Waals surface area (Å²) in [6.07, 6.45) is 2.91. The molecule has 23 heavy (non-hydrogen) atoms. The molecule has 1 aromatic rings. The van der Waals surface area contributed by atoms with Crippen LogP contribution in [-0.2, 0) is 16.0 Å². The fraction of sp³-hybridized carbons (Fsp3) is 0.588. The van der Waals surface area contributed by atoms with Crippen LogP contribution in [0.4, 0.5) is 0 Å². The van der Waals surface area contributed by atoms with E-state index in [1.165, 1.54) is 0 Å². The molecule has 1 unspecified atom stereocenters. The lowest BCUT2D eigenvalue weighted by molar-refractivity contribution is -0.145. The number of carbonyl (C=O) groups is 1. The third-order valence-electron chi connectivity index (χ3n) is 4.01. The van der Waals surface area contributed by atoms with Crippen molar-refractivity contribution in [2.24, 2.45) is 5.92 Å². The largest absolute Gasteiger partial charge is 0.465 e. The Morgan fingerprint density at radius 1 is 1.43 bits per heavy atom. The molecule has 0 aromatic heterocycles. The van der Waals surface area contributed by atoms with Gasteiger partial charge in [-0.3, -0.25) is 4.79 Å². The van der Waals surface area contributed by atoms with Gasteiger partial charge in [-0.05, 0) is 69.4 Å². The first-order chi connectivity index (χ1) is 10.7. The van der Waals surface area contributed by atoms with Crippen LogP contribution in [0, 0.1) is 5.92 Å². The van der Waals surface area contributed by atoms with Crippen LogP contribution >= 0.6 is 24.0 Å². The molecule has 1 fully saturated rings. The number of rotatable bonds is 7. The van der Waals surface area contributed by atoms with Gasteiger partial charge >= 0.3 is 5.97 Å². The molecule has 2 N–H and O–H groups in total. The number of halogens is 2. The van der Waals surface area contributed by atoms with Crippen molar-refractivity contribution in [2.75, 3.05) is 26.2 Å². The Balaban J connectivity index is 0.00000264. The van der Waals surface area contributed by atoms with Crippen LogP contribution in [0.3, 0.4) is 0 Å². The van der Waals surface area contributed by atoms with Crippen molar-refractivity contribution in [1.29, 1.82) is 0 Å². The van der Waals surface area contributed by atoms with Gasteiger partial charge in [-0.25, -0.2) is 0 Å². The highest BCUT2D eigenvalue weighted by Gasteiger charge is 2.22. The minimum absolute atomic E-state index is 0. The van der Waals surface area contributed by atoms with Gasteiger partial charge in [-0.2, -0.15) is 0 Å². The quantitative estimate of drug-likeness (QED) is 0.734. The van der Waals surface area contributed by atoms with Gasteiger partial charge in [0.05, 0.1) is 6.61 Å². The normalized spacial score (nSPS) is 16.4. The number of carbonyl (C=O) groups excluding carboxylic acids is 1. The topological polar surface area (TPSA) is 50.4 Å². The average Bonchev–Trinajstić information content (AvgIpc) is 2.52. The number of nitrogens with one attached hydrogen (secondary N) is 2. The second-order valence-electron chi connectivity index (χ2n) is 5.74. The summed E-state index contributed by atoms with van der Waals surface area (Å²) in [5.41, 5.74) is 1.04. The molecule has 0 aliphatic carbocycles. The lowest BCUT2D eigenvalue weighted by atomic mass is 9.97. The van der Waals surface area contributed by atoms with E-state index in [1.54, 1.807) is 0 Å². The first kappa shape index (κ1) is 20.2. The van der Waals surface area contributed by atoms with Gasteiger partial charge in [0.15, 0.2) is 0 Å². The molecule has 130 valence electrons. The van der Waals surface area contributed by atoms with Crippen LogP contribution in [0.15, 0.2) is 24.3 Å². The predicted octanol–water partition coefficient (Wildman–Crippen LogP) is 2.83. The first-order valence-electron chi connectivity index (χ1n) is 8.04. The Bertz CT molecular complexity index is 479. The highest BCUT2D eigenvalue weighted by Crippen LogP contribution is 2.14. The van der Waals surface area contributed by atoms with E-state index in [-0.39, 0.29) is 24.4 Å². The van der Waals surface area contributed by atoms with Gasteiger partial charge in [0.25, 0.3) is 0 Å². The minimum atomic E-state index is -0.312. The van der Waals surface area contributed by atoms with E-state index >= 15 is 0 Å². The molecule has 1 aliphatic rings. The maximum absolute atomic E-state index is 12.2. The van der Waals surface area contributed by atoms with Crippen LogP contribution in [0.2, 0.25) is 5.02 Å². The van der Waals surface area contributed by atoms with Gasteiger partial charge in [0.2, 0.25) is 0 Å². The van der Waals surface area contributed by atoms with Crippen LogP contribution in [0.5, 0.6) is 0 Å². The number of esters is 1. The second kappa shape index (κ2) is 10.9. The lowest BCUT2D eigenvalue weighted by Gasteiger charge is -2.25. The Hall–Kier alpha value is -0.810. The van der Waals surface area contributed by atoms with Crippen LogP contribution in [0.25, 0.3) is 0 Å². The number of hydrogen-bond acceptors (Lipinski definition) is 4. The minimum Gasteiger partial charge on any atom is -0.465 e. The predicted molar refractivity (Wildman–Crippen MR) is 96.4 cm³/mol. The molecule has 0 saturated carbocycles. The third-order valence-corrected chi connectivity index (χ3v) is 4.25. The molecule has 0 spiro atoms. The van der Waals surface area contributed by atoms with Crippen LogP contribution < -0.4 is 10.6 Å². The fourth-order valence-electron chi connectivity index (χ4n) is 2.78. The van der Waals surface area contributed by atoms with E-state index in [4.69, 9.17) is 16.3 Å². The standard InChI is InChI=1S/C17H25ClN2O2.ClH/c1-2-22-17(21)16(11-14-4-3-5-15(18)10-14)20-12-13-6-8-19-9-7-13;/h3-5,10,13,16,19-20H,2,6-9,11-12H2,1H3;1H. The summed E-state index contributed by atoms with van der Waals surface area (Å²) in [7, 11) is 0. The van der Waals surface area contributed by atoms with Crippen molar-refractivity contribution in [3.63, 3.8) is 0 Å². The van der Waals surface area contributed by atoms with Crippen molar-refractivity contribution in [3.8, 4) is 0 Å². The summed E-state index contributed by atoms with van der Waals surface area (Å²) in [6.45, 7) is 5.21. The summed E-state index contributed by atoms with van der Waals surface area (Å²) >= 11 is 6.02. The zero-order valence-corrected chi connectivity index (χ0v) is 15.1. The molecule has 1 saturated heterocycles. The van der Waals surface area contributed by atoms with Crippen molar-refractivity contribution >= 4 is 30.0 Å². The van der Waals surface area contributed by atoms with E-state index in [0.29, 0.717) is 24.0 Å². The molecule has 0 amide bonds. The van der Waals surface area contributed by atoms with Crippen molar-refractivity contribution in [2.45, 2.75) is 32.2 Å². The summed E-state index contributed by atoms with van der Waals surface area (Å²) in [4.78, 5) is 12.2. The van der Waals surface area contributed by atoms with E-state index in [9.17, 15) is 4.79 Å². The number of benzene rings is 1. The number of piperidine rings is 1. The Morgan fingerprint density at radius 3 is 2.83 bits per heavy atom. The van der Waals surface area contributed by atoms with E-state index in [2.05, 4.69) is 10.6 Å². The van der Waals surface area contributed by atoms with Crippen LogP contribution in [0.1, 0.15) is 25.3 Å². The van der Waals surface area contributed by atoms with Gasteiger partial charge in [-0.15, -0.1) is 12.4 Å². The van der Waals surface area contributed by atoms with E-state index in [1.807, 2.05) is 31.2 Å². The molecule has 1 aromatic carbocycles. The highest BCUT2D eigenvalue weighted by atomic mass is 35.5. The van der Waals surface area contributed by atoms with Gasteiger partial charge in [-0.1, -0.05) is 23.7 Å². The smallest absolute Gasteiger partial charge is 0.323 e. The molecule has 1 atom stereocenters. The van der Waals surface area contributed by atoms with Crippen molar-refractivity contribution < 1.29 is 9.53 Å². The molecular weight excluding hydrogens is 335 g/mol. The molecule has 1 aliphatic heterocycles. The zero-order valence-electron chi connectivity index (χ0n) is 13.5. The maximum atomic E-state index is 12.2. The third kappa shape index (κ3) is 7.08. The van der Waals surface area contributed by atoms with Gasteiger partial charge in [0.1, 0.15) is 6.04 Å². The van der Waals surface area contributed by atoms with Gasteiger partial charge < -0.3 is 15.4 Å². The molecule has 0 bridgehead atoms.